The van der Waals surface area contributed by atoms with E-state index in [9.17, 15) is 13.6 Å². The molecule has 0 radical (unpaired) electrons. The van der Waals surface area contributed by atoms with Gasteiger partial charge in [-0.05, 0) is 36.4 Å². The fraction of sp³-hybridized carbons (Fsp3) is 0.0526. The molecule has 0 fully saturated rings. The van der Waals surface area contributed by atoms with E-state index in [4.69, 9.17) is 17.3 Å². The molecule has 8 heteroatoms. The van der Waals surface area contributed by atoms with Crippen molar-refractivity contribution in [3.8, 4) is 16.8 Å². The van der Waals surface area contributed by atoms with E-state index >= 15 is 0 Å². The lowest BCUT2D eigenvalue weighted by Gasteiger charge is -2.11. The van der Waals surface area contributed by atoms with Crippen molar-refractivity contribution >= 4 is 28.3 Å². The van der Waals surface area contributed by atoms with Crippen LogP contribution in [0.1, 0.15) is 0 Å². The minimum atomic E-state index is -0.782. The maximum Gasteiger partial charge on any atom is 0.259 e. The van der Waals surface area contributed by atoms with Gasteiger partial charge in [-0.25, -0.2) is 13.5 Å². The molecular weight excluding hydrogens is 374 g/mol. The molecule has 0 aliphatic carbocycles. The van der Waals surface area contributed by atoms with Crippen LogP contribution in [0, 0.1) is 11.6 Å². The quantitative estimate of drug-likeness (QED) is 0.531. The fourth-order valence-corrected chi connectivity index (χ4v) is 3.30. The Morgan fingerprint density at radius 3 is 2.48 bits per heavy atom. The Kier molecular flexibility index (Phi) is 3.96. The number of aryl methyl sites for hydroxylation is 1. The predicted molar refractivity (Wildman–Crippen MR) is 101 cm³/mol. The average Bonchev–Trinajstić information content (AvgIpc) is 3.04. The molecule has 0 atom stereocenters. The highest BCUT2D eigenvalue weighted by Gasteiger charge is 2.19. The van der Waals surface area contributed by atoms with Crippen LogP contribution in [0.25, 0.3) is 27.8 Å². The number of hydrogen-bond acceptors (Lipinski definition) is 3. The van der Waals surface area contributed by atoms with E-state index in [1.165, 1.54) is 23.9 Å². The van der Waals surface area contributed by atoms with Gasteiger partial charge in [-0.1, -0.05) is 17.7 Å². The summed E-state index contributed by atoms with van der Waals surface area (Å²) in [4.78, 5) is 12.9. The third-order valence-corrected chi connectivity index (χ3v) is 4.68. The Morgan fingerprint density at radius 1 is 1.07 bits per heavy atom. The summed E-state index contributed by atoms with van der Waals surface area (Å²) < 4.78 is 30.7. The molecule has 0 spiro atoms. The zero-order chi connectivity index (χ0) is 19.3. The van der Waals surface area contributed by atoms with Crippen LogP contribution in [-0.2, 0) is 7.05 Å². The van der Waals surface area contributed by atoms with Crippen LogP contribution < -0.4 is 11.3 Å². The van der Waals surface area contributed by atoms with Gasteiger partial charge < -0.3 is 5.73 Å². The van der Waals surface area contributed by atoms with Gasteiger partial charge in [0.05, 0.1) is 6.20 Å². The third-order valence-electron chi connectivity index (χ3n) is 4.35. The molecule has 2 heterocycles. The minimum absolute atomic E-state index is 0.257. The van der Waals surface area contributed by atoms with Crippen molar-refractivity contribution in [3.05, 3.63) is 75.7 Å². The SMILES string of the molecule is Cn1c(=O)c(-c2cc(N)ccc2Cl)cc2cnn(-c3c(F)cccc3F)c21. The van der Waals surface area contributed by atoms with Crippen LogP contribution in [0.5, 0.6) is 0 Å². The maximum absolute atomic E-state index is 14.2. The number of nitrogens with zero attached hydrogens (tertiary/aromatic N) is 3. The number of rotatable bonds is 2. The minimum Gasteiger partial charge on any atom is -0.399 e. The Labute approximate surface area is 157 Å². The summed E-state index contributed by atoms with van der Waals surface area (Å²) in [6.45, 7) is 0. The highest BCUT2D eigenvalue weighted by atomic mass is 35.5. The first-order valence-corrected chi connectivity index (χ1v) is 8.34. The van der Waals surface area contributed by atoms with Gasteiger partial charge in [-0.2, -0.15) is 5.10 Å². The van der Waals surface area contributed by atoms with Gasteiger partial charge in [-0.3, -0.25) is 9.36 Å². The molecule has 5 nitrogen and oxygen atoms in total. The topological polar surface area (TPSA) is 65.8 Å². The van der Waals surface area contributed by atoms with Gasteiger partial charge in [0.2, 0.25) is 0 Å². The molecule has 2 N–H and O–H groups in total. The lowest BCUT2D eigenvalue weighted by Crippen LogP contribution is -2.21. The van der Waals surface area contributed by atoms with E-state index in [2.05, 4.69) is 5.10 Å². The molecule has 4 rings (SSSR count). The number of nitrogens with two attached hydrogens (primary N) is 1. The number of anilines is 1. The third kappa shape index (κ3) is 2.67. The Balaban J connectivity index is 2.04. The summed E-state index contributed by atoms with van der Waals surface area (Å²) in [6.07, 6.45) is 1.43. The monoisotopic (exact) mass is 386 g/mol. The predicted octanol–water partition coefficient (Wildman–Crippen LogP) is 3.91. The Bertz CT molecular complexity index is 1240. The number of hydrogen-bond donors (Lipinski definition) is 1. The van der Waals surface area contributed by atoms with Crippen molar-refractivity contribution in [2.24, 2.45) is 7.05 Å². The molecule has 0 saturated carbocycles. The molecule has 0 aliphatic rings. The van der Waals surface area contributed by atoms with Crippen LogP contribution in [0.3, 0.4) is 0 Å². The van der Waals surface area contributed by atoms with Gasteiger partial charge in [0.1, 0.15) is 11.3 Å². The highest BCUT2D eigenvalue weighted by Crippen LogP contribution is 2.30. The standard InChI is InChI=1S/C19H13ClF2N4O/c1-25-18-10(9-24-26(18)17-15(21)3-2-4-16(17)22)7-13(19(25)27)12-8-11(23)5-6-14(12)20/h2-9H,23H2,1H3. The molecule has 0 amide bonds. The van der Waals surface area contributed by atoms with Crippen molar-refractivity contribution < 1.29 is 8.78 Å². The molecule has 0 bridgehead atoms. The Hall–Kier alpha value is -3.19. The molecule has 2 aromatic heterocycles. The van der Waals surface area contributed by atoms with E-state index in [0.29, 0.717) is 27.2 Å². The van der Waals surface area contributed by atoms with E-state index in [-0.39, 0.29) is 11.3 Å². The summed E-state index contributed by atoms with van der Waals surface area (Å²) in [5.74, 6) is -1.56. The summed E-state index contributed by atoms with van der Waals surface area (Å²) in [6, 6.07) is 9.95. The van der Waals surface area contributed by atoms with Crippen molar-refractivity contribution in [1.82, 2.24) is 14.3 Å². The smallest absolute Gasteiger partial charge is 0.259 e. The molecule has 0 unspecified atom stereocenters. The van der Waals surface area contributed by atoms with E-state index in [1.807, 2.05) is 0 Å². The van der Waals surface area contributed by atoms with Crippen LogP contribution in [0.2, 0.25) is 5.02 Å². The maximum atomic E-state index is 14.2. The molecular formula is C19H13ClF2N4O. The summed E-state index contributed by atoms with van der Waals surface area (Å²) >= 11 is 6.23. The zero-order valence-corrected chi connectivity index (χ0v) is 14.8. The van der Waals surface area contributed by atoms with Gasteiger partial charge in [0, 0.05) is 34.3 Å². The van der Waals surface area contributed by atoms with Crippen molar-refractivity contribution in [2.75, 3.05) is 5.73 Å². The van der Waals surface area contributed by atoms with E-state index in [0.717, 1.165) is 16.8 Å². The van der Waals surface area contributed by atoms with E-state index < -0.39 is 17.2 Å². The summed E-state index contributed by atoms with van der Waals surface area (Å²) in [5, 5.41) is 4.97. The number of fused-ring (bicyclic) bond motifs is 1. The lowest BCUT2D eigenvalue weighted by molar-refractivity contribution is 0.561. The van der Waals surface area contributed by atoms with Gasteiger partial charge >= 0.3 is 0 Å². The summed E-state index contributed by atoms with van der Waals surface area (Å²) in [7, 11) is 1.51. The first-order chi connectivity index (χ1) is 12.9. The van der Waals surface area contributed by atoms with Crippen LogP contribution in [0.4, 0.5) is 14.5 Å². The first kappa shape index (κ1) is 17.2. The van der Waals surface area contributed by atoms with Crippen molar-refractivity contribution in [1.29, 1.82) is 0 Å². The van der Waals surface area contributed by atoms with Gasteiger partial charge in [-0.15, -0.1) is 0 Å². The summed E-state index contributed by atoms with van der Waals surface area (Å²) in [5.41, 5.74) is 6.57. The van der Waals surface area contributed by atoms with Crippen molar-refractivity contribution in [2.45, 2.75) is 0 Å². The van der Waals surface area contributed by atoms with Crippen LogP contribution in [-0.4, -0.2) is 14.3 Å². The van der Waals surface area contributed by atoms with Gasteiger partial charge in [0.15, 0.2) is 11.6 Å². The molecule has 0 aliphatic heterocycles. The second-order valence-electron chi connectivity index (χ2n) is 6.07. The number of para-hydroxylation sites is 1. The number of halogens is 3. The lowest BCUT2D eigenvalue weighted by atomic mass is 10.1. The second-order valence-corrected chi connectivity index (χ2v) is 6.47. The first-order valence-electron chi connectivity index (χ1n) is 7.96. The number of aromatic nitrogens is 3. The average molecular weight is 387 g/mol. The molecule has 136 valence electrons. The largest absolute Gasteiger partial charge is 0.399 e. The normalized spacial score (nSPS) is 11.3. The van der Waals surface area contributed by atoms with Gasteiger partial charge in [0.25, 0.3) is 5.56 Å². The van der Waals surface area contributed by atoms with Crippen LogP contribution >= 0.6 is 11.6 Å². The number of benzene rings is 2. The highest BCUT2D eigenvalue weighted by molar-refractivity contribution is 6.33. The molecule has 0 saturated heterocycles. The molecule has 2 aromatic carbocycles. The Morgan fingerprint density at radius 2 is 1.78 bits per heavy atom. The van der Waals surface area contributed by atoms with Crippen molar-refractivity contribution in [3.63, 3.8) is 0 Å². The van der Waals surface area contributed by atoms with Crippen LogP contribution in [0.15, 0.2) is 53.5 Å². The fourth-order valence-electron chi connectivity index (χ4n) is 3.08. The van der Waals surface area contributed by atoms with E-state index in [1.54, 1.807) is 24.3 Å². The molecule has 27 heavy (non-hydrogen) atoms. The second kappa shape index (κ2) is 6.21. The number of pyridine rings is 1. The number of nitrogen functional groups attached to an aromatic ring is 1. The molecule has 4 aromatic rings. The zero-order valence-electron chi connectivity index (χ0n) is 14.1.